The maximum atomic E-state index is 3.46. The first kappa shape index (κ1) is 11.8. The molecule has 0 nitrogen and oxygen atoms in total. The molecular weight excluding hydrogens is 236 g/mol. The summed E-state index contributed by atoms with van der Waals surface area (Å²) in [7, 11) is 0. The molecule has 0 bridgehead atoms. The van der Waals surface area contributed by atoms with Crippen LogP contribution in [-0.4, -0.2) is 5.33 Å². The van der Waals surface area contributed by atoms with Gasteiger partial charge in [0.2, 0.25) is 0 Å². The minimum absolute atomic E-state index is 1.14. The zero-order valence-electron chi connectivity index (χ0n) is 8.93. The maximum absolute atomic E-state index is 3.46. The van der Waals surface area contributed by atoms with Gasteiger partial charge >= 0.3 is 0 Å². The van der Waals surface area contributed by atoms with Crippen LogP contribution in [0, 0.1) is 0 Å². The molecule has 1 aromatic rings. The van der Waals surface area contributed by atoms with Crippen LogP contribution in [-0.2, 0) is 12.8 Å². The highest BCUT2D eigenvalue weighted by atomic mass is 79.9. The smallest absolute Gasteiger partial charge is 0.00313 e. The van der Waals surface area contributed by atoms with Crippen LogP contribution >= 0.6 is 15.9 Å². The van der Waals surface area contributed by atoms with Crippen molar-refractivity contribution in [1.29, 1.82) is 0 Å². The van der Waals surface area contributed by atoms with E-state index in [1.807, 2.05) is 0 Å². The normalized spacial score (nSPS) is 10.4. The molecule has 0 atom stereocenters. The van der Waals surface area contributed by atoms with Gasteiger partial charge in [0.1, 0.15) is 0 Å². The number of alkyl halides is 1. The Morgan fingerprint density at radius 3 is 2.36 bits per heavy atom. The van der Waals surface area contributed by atoms with Crippen LogP contribution in [0.15, 0.2) is 24.3 Å². The second-order valence-corrected chi connectivity index (χ2v) is 4.41. The lowest BCUT2D eigenvalue weighted by Gasteiger charge is -2.06. The van der Waals surface area contributed by atoms with Gasteiger partial charge in [-0.25, -0.2) is 0 Å². The highest BCUT2D eigenvalue weighted by Crippen LogP contribution is 2.13. The molecule has 0 saturated heterocycles. The molecule has 0 heterocycles. The second kappa shape index (κ2) is 7.05. The summed E-state index contributed by atoms with van der Waals surface area (Å²) < 4.78 is 0. The van der Waals surface area contributed by atoms with Gasteiger partial charge in [-0.1, -0.05) is 53.5 Å². The molecule has 0 aliphatic heterocycles. The first-order valence-electron chi connectivity index (χ1n) is 5.51. The van der Waals surface area contributed by atoms with E-state index in [9.17, 15) is 0 Å². The Hall–Kier alpha value is -0.300. The number of hydrogen-bond donors (Lipinski definition) is 0. The van der Waals surface area contributed by atoms with Gasteiger partial charge in [-0.3, -0.25) is 0 Å². The predicted molar refractivity (Wildman–Crippen MR) is 67.2 cm³/mol. The predicted octanol–water partition coefficient (Wildman–Crippen LogP) is 4.36. The van der Waals surface area contributed by atoms with Crippen molar-refractivity contribution in [1.82, 2.24) is 0 Å². The molecule has 0 aliphatic carbocycles. The average molecular weight is 255 g/mol. The number of rotatable bonds is 6. The SMILES string of the molecule is CCc1ccccc1CCCCCBr. The van der Waals surface area contributed by atoms with Crippen molar-refractivity contribution in [2.24, 2.45) is 0 Å². The van der Waals surface area contributed by atoms with Crippen molar-refractivity contribution in [3.63, 3.8) is 0 Å². The first-order chi connectivity index (χ1) is 6.88. The third-order valence-electron chi connectivity index (χ3n) is 2.58. The summed E-state index contributed by atoms with van der Waals surface area (Å²) in [5, 5.41) is 1.14. The van der Waals surface area contributed by atoms with Crippen molar-refractivity contribution in [3.8, 4) is 0 Å². The highest BCUT2D eigenvalue weighted by molar-refractivity contribution is 9.09. The first-order valence-corrected chi connectivity index (χ1v) is 6.63. The maximum Gasteiger partial charge on any atom is 0.00313 e. The van der Waals surface area contributed by atoms with Gasteiger partial charge < -0.3 is 0 Å². The molecular formula is C13H19Br. The zero-order chi connectivity index (χ0) is 10.2. The largest absolute Gasteiger partial charge is 0.0928 e. The van der Waals surface area contributed by atoms with Crippen molar-refractivity contribution in [2.45, 2.75) is 39.0 Å². The topological polar surface area (TPSA) is 0 Å². The van der Waals surface area contributed by atoms with Gasteiger partial charge in [0.05, 0.1) is 0 Å². The summed E-state index contributed by atoms with van der Waals surface area (Å²) in [6.45, 7) is 2.23. The Labute approximate surface area is 95.9 Å². The number of hydrogen-bond acceptors (Lipinski definition) is 0. The number of aryl methyl sites for hydroxylation is 2. The fourth-order valence-corrected chi connectivity index (χ4v) is 2.13. The molecule has 0 aliphatic rings. The summed E-state index contributed by atoms with van der Waals surface area (Å²) in [4.78, 5) is 0. The Morgan fingerprint density at radius 2 is 1.71 bits per heavy atom. The Morgan fingerprint density at radius 1 is 1.00 bits per heavy atom. The van der Waals surface area contributed by atoms with E-state index in [2.05, 4.69) is 47.1 Å². The van der Waals surface area contributed by atoms with Crippen LogP contribution in [0.25, 0.3) is 0 Å². The van der Waals surface area contributed by atoms with Crippen molar-refractivity contribution in [3.05, 3.63) is 35.4 Å². The Bertz CT molecular complexity index is 255. The summed E-state index contributed by atoms with van der Waals surface area (Å²) in [6, 6.07) is 8.81. The summed E-state index contributed by atoms with van der Waals surface area (Å²) in [5.41, 5.74) is 3.07. The van der Waals surface area contributed by atoms with Gasteiger partial charge in [0.15, 0.2) is 0 Å². The van der Waals surface area contributed by atoms with Gasteiger partial charge in [0, 0.05) is 5.33 Å². The molecule has 14 heavy (non-hydrogen) atoms. The van der Waals surface area contributed by atoms with Gasteiger partial charge in [-0.15, -0.1) is 0 Å². The minimum atomic E-state index is 1.14. The van der Waals surface area contributed by atoms with E-state index in [1.54, 1.807) is 5.56 Å². The molecule has 0 radical (unpaired) electrons. The zero-order valence-corrected chi connectivity index (χ0v) is 10.5. The van der Waals surface area contributed by atoms with E-state index in [-0.39, 0.29) is 0 Å². The molecule has 0 unspecified atom stereocenters. The number of benzene rings is 1. The Balaban J connectivity index is 2.41. The molecule has 1 rings (SSSR count). The lowest BCUT2D eigenvalue weighted by molar-refractivity contribution is 0.720. The van der Waals surface area contributed by atoms with Crippen LogP contribution in [0.2, 0.25) is 0 Å². The van der Waals surface area contributed by atoms with Crippen molar-refractivity contribution < 1.29 is 0 Å². The Kier molecular flexibility index (Phi) is 5.93. The van der Waals surface area contributed by atoms with E-state index < -0.39 is 0 Å². The minimum Gasteiger partial charge on any atom is -0.0928 e. The van der Waals surface area contributed by atoms with E-state index in [4.69, 9.17) is 0 Å². The van der Waals surface area contributed by atoms with Gasteiger partial charge in [0.25, 0.3) is 0 Å². The lowest BCUT2D eigenvalue weighted by atomic mass is 10.00. The van der Waals surface area contributed by atoms with Gasteiger partial charge in [-0.05, 0) is 36.8 Å². The average Bonchev–Trinajstić information content (AvgIpc) is 2.25. The molecule has 0 saturated carbocycles. The van der Waals surface area contributed by atoms with E-state index in [0.717, 1.165) is 11.8 Å². The number of unbranched alkanes of at least 4 members (excludes halogenated alkanes) is 2. The quantitative estimate of drug-likeness (QED) is 0.523. The summed E-state index contributed by atoms with van der Waals surface area (Å²) in [6.07, 6.45) is 6.37. The van der Waals surface area contributed by atoms with E-state index in [1.165, 1.54) is 31.2 Å². The molecule has 0 N–H and O–H groups in total. The molecule has 0 spiro atoms. The van der Waals surface area contributed by atoms with Crippen LogP contribution in [0.3, 0.4) is 0 Å². The third kappa shape index (κ3) is 3.83. The fraction of sp³-hybridized carbons (Fsp3) is 0.538. The van der Waals surface area contributed by atoms with Crippen LogP contribution in [0.1, 0.15) is 37.3 Å². The fourth-order valence-electron chi connectivity index (χ4n) is 1.73. The molecule has 0 fully saturated rings. The van der Waals surface area contributed by atoms with E-state index >= 15 is 0 Å². The van der Waals surface area contributed by atoms with E-state index in [0.29, 0.717) is 0 Å². The standard InChI is InChI=1S/C13H19Br/c1-2-12-8-5-6-10-13(12)9-4-3-7-11-14/h5-6,8,10H,2-4,7,9,11H2,1H3. The lowest BCUT2D eigenvalue weighted by Crippen LogP contribution is -1.92. The molecule has 78 valence electrons. The number of halogens is 1. The van der Waals surface area contributed by atoms with Crippen LogP contribution in [0.4, 0.5) is 0 Å². The molecule has 0 amide bonds. The van der Waals surface area contributed by atoms with Gasteiger partial charge in [-0.2, -0.15) is 0 Å². The molecule has 1 heteroatoms. The van der Waals surface area contributed by atoms with Crippen molar-refractivity contribution >= 4 is 15.9 Å². The second-order valence-electron chi connectivity index (χ2n) is 3.62. The van der Waals surface area contributed by atoms with Crippen LogP contribution < -0.4 is 0 Å². The monoisotopic (exact) mass is 254 g/mol. The van der Waals surface area contributed by atoms with Crippen LogP contribution in [0.5, 0.6) is 0 Å². The highest BCUT2D eigenvalue weighted by Gasteiger charge is 1.98. The molecule has 1 aromatic carbocycles. The summed E-state index contributed by atoms with van der Waals surface area (Å²) in [5.74, 6) is 0. The third-order valence-corrected chi connectivity index (χ3v) is 3.14. The van der Waals surface area contributed by atoms with Crippen molar-refractivity contribution in [2.75, 3.05) is 5.33 Å². The summed E-state index contributed by atoms with van der Waals surface area (Å²) >= 11 is 3.46. The molecule has 0 aromatic heterocycles.